The van der Waals surface area contributed by atoms with Crippen LogP contribution in [0.1, 0.15) is 30.6 Å². The lowest BCUT2D eigenvalue weighted by molar-refractivity contribution is -0.136. The van der Waals surface area contributed by atoms with Gasteiger partial charge in [-0.1, -0.05) is 22.9 Å². The van der Waals surface area contributed by atoms with Gasteiger partial charge in [0.05, 0.1) is 0 Å². The molecule has 0 aliphatic heterocycles. The summed E-state index contributed by atoms with van der Waals surface area (Å²) in [7, 11) is 0. The molecule has 1 aromatic carbocycles. The van der Waals surface area contributed by atoms with Crippen LogP contribution < -0.4 is 4.74 Å². The average molecular weight is 285 g/mol. The molecule has 0 amide bonds. The van der Waals surface area contributed by atoms with Crippen molar-refractivity contribution in [2.24, 2.45) is 0 Å². The topological polar surface area (TPSA) is 43.4 Å². The van der Waals surface area contributed by atoms with Crippen molar-refractivity contribution in [1.29, 1.82) is 0 Å². The van der Waals surface area contributed by atoms with Crippen molar-refractivity contribution in [2.45, 2.75) is 24.6 Å². The maximum absolute atomic E-state index is 11.7. The van der Waals surface area contributed by atoms with Crippen LogP contribution in [0.5, 0.6) is 5.75 Å². The molecular weight excluding hydrogens is 272 g/mol. The first kappa shape index (κ1) is 12.9. The van der Waals surface area contributed by atoms with E-state index in [2.05, 4.69) is 15.9 Å². The second-order valence-corrected chi connectivity index (χ2v) is 5.38. The standard InChI is InChI=1S/C12H13BrO3/c1-3-12(2,13)11(15)16-10-6-4-9(8-14)5-7-10/h4-8H,3H2,1-2H3. The van der Waals surface area contributed by atoms with Crippen LogP contribution in [0, 0.1) is 0 Å². The SMILES string of the molecule is CCC(C)(Br)C(=O)Oc1ccc(C=O)cc1. The Morgan fingerprint density at radius 3 is 2.44 bits per heavy atom. The van der Waals surface area contributed by atoms with Gasteiger partial charge < -0.3 is 4.74 Å². The molecule has 0 spiro atoms. The van der Waals surface area contributed by atoms with Crippen LogP contribution in [0.15, 0.2) is 24.3 Å². The van der Waals surface area contributed by atoms with Crippen molar-refractivity contribution in [3.63, 3.8) is 0 Å². The average Bonchev–Trinajstić information content (AvgIpc) is 2.30. The largest absolute Gasteiger partial charge is 0.426 e. The van der Waals surface area contributed by atoms with Gasteiger partial charge in [-0.05, 0) is 37.6 Å². The Morgan fingerprint density at radius 2 is 2.00 bits per heavy atom. The highest BCUT2D eigenvalue weighted by Crippen LogP contribution is 2.24. The number of halogens is 1. The zero-order valence-corrected chi connectivity index (χ0v) is 10.8. The Hall–Kier alpha value is -1.16. The number of aldehydes is 1. The highest BCUT2D eigenvalue weighted by atomic mass is 79.9. The maximum Gasteiger partial charge on any atom is 0.327 e. The second kappa shape index (κ2) is 5.25. The van der Waals surface area contributed by atoms with E-state index < -0.39 is 4.32 Å². The van der Waals surface area contributed by atoms with Crippen LogP contribution in [0.25, 0.3) is 0 Å². The minimum Gasteiger partial charge on any atom is -0.426 e. The smallest absolute Gasteiger partial charge is 0.327 e. The van der Waals surface area contributed by atoms with Crippen molar-refractivity contribution in [3.05, 3.63) is 29.8 Å². The molecule has 86 valence electrons. The van der Waals surface area contributed by atoms with E-state index in [9.17, 15) is 9.59 Å². The van der Waals surface area contributed by atoms with Gasteiger partial charge in [-0.3, -0.25) is 9.59 Å². The zero-order chi connectivity index (χ0) is 12.2. The molecular formula is C12H13BrO3. The molecule has 0 aliphatic rings. The van der Waals surface area contributed by atoms with E-state index in [4.69, 9.17) is 4.74 Å². The Balaban J connectivity index is 2.73. The zero-order valence-electron chi connectivity index (χ0n) is 9.20. The Labute approximate surface area is 103 Å². The fourth-order valence-corrected chi connectivity index (χ4v) is 1.05. The van der Waals surface area contributed by atoms with Crippen LogP contribution in [0.3, 0.4) is 0 Å². The summed E-state index contributed by atoms with van der Waals surface area (Å²) >= 11 is 3.30. The minimum atomic E-state index is -0.670. The molecule has 0 heterocycles. The predicted octanol–water partition coefficient (Wildman–Crippen LogP) is 2.97. The lowest BCUT2D eigenvalue weighted by Crippen LogP contribution is -2.31. The number of rotatable bonds is 4. The number of alkyl halides is 1. The molecule has 0 N–H and O–H groups in total. The highest BCUT2D eigenvalue weighted by molar-refractivity contribution is 9.10. The summed E-state index contributed by atoms with van der Waals surface area (Å²) in [6, 6.07) is 6.40. The Kier molecular flexibility index (Phi) is 4.24. The van der Waals surface area contributed by atoms with Gasteiger partial charge in [-0.2, -0.15) is 0 Å². The monoisotopic (exact) mass is 284 g/mol. The van der Waals surface area contributed by atoms with Gasteiger partial charge in [0.15, 0.2) is 0 Å². The molecule has 1 aromatic rings. The van der Waals surface area contributed by atoms with E-state index in [-0.39, 0.29) is 5.97 Å². The van der Waals surface area contributed by atoms with Gasteiger partial charge in [0, 0.05) is 5.56 Å². The molecule has 3 nitrogen and oxygen atoms in total. The molecule has 0 fully saturated rings. The lowest BCUT2D eigenvalue weighted by Gasteiger charge is -2.18. The number of hydrogen-bond acceptors (Lipinski definition) is 3. The molecule has 0 bridgehead atoms. The fraction of sp³-hybridized carbons (Fsp3) is 0.333. The van der Waals surface area contributed by atoms with Gasteiger partial charge in [0.1, 0.15) is 16.4 Å². The van der Waals surface area contributed by atoms with Gasteiger partial charge >= 0.3 is 5.97 Å². The molecule has 1 atom stereocenters. The number of ether oxygens (including phenoxy) is 1. The molecule has 1 unspecified atom stereocenters. The van der Waals surface area contributed by atoms with Gasteiger partial charge in [-0.25, -0.2) is 0 Å². The molecule has 1 rings (SSSR count). The maximum atomic E-state index is 11.7. The third-order valence-corrected chi connectivity index (χ3v) is 3.20. The van der Waals surface area contributed by atoms with Crippen molar-refractivity contribution in [3.8, 4) is 5.75 Å². The first-order chi connectivity index (χ1) is 7.49. The second-order valence-electron chi connectivity index (χ2n) is 3.63. The van der Waals surface area contributed by atoms with E-state index in [0.717, 1.165) is 6.29 Å². The summed E-state index contributed by atoms with van der Waals surface area (Å²) in [6.45, 7) is 3.65. The predicted molar refractivity (Wildman–Crippen MR) is 65.1 cm³/mol. The van der Waals surface area contributed by atoms with E-state index in [1.54, 1.807) is 31.2 Å². The van der Waals surface area contributed by atoms with Crippen LogP contribution in [-0.2, 0) is 4.79 Å². The number of carbonyl (C=O) groups excluding carboxylic acids is 2. The molecule has 0 aliphatic carbocycles. The summed E-state index contributed by atoms with van der Waals surface area (Å²) in [5.74, 6) is 0.101. The van der Waals surface area contributed by atoms with Crippen LogP contribution in [0.4, 0.5) is 0 Å². The van der Waals surface area contributed by atoms with E-state index in [1.165, 1.54) is 0 Å². The summed E-state index contributed by atoms with van der Waals surface area (Å²) in [5.41, 5.74) is 0.553. The Morgan fingerprint density at radius 1 is 1.44 bits per heavy atom. The summed E-state index contributed by atoms with van der Waals surface area (Å²) in [4.78, 5) is 22.1. The third kappa shape index (κ3) is 3.17. The highest BCUT2D eigenvalue weighted by Gasteiger charge is 2.29. The number of hydrogen-bond donors (Lipinski definition) is 0. The number of esters is 1. The van der Waals surface area contributed by atoms with Crippen molar-refractivity contribution in [1.82, 2.24) is 0 Å². The quantitative estimate of drug-likeness (QED) is 0.370. The molecule has 0 saturated carbocycles. The summed E-state index contributed by atoms with van der Waals surface area (Å²) in [6.07, 6.45) is 1.38. The van der Waals surface area contributed by atoms with Crippen LogP contribution >= 0.6 is 15.9 Å². The first-order valence-electron chi connectivity index (χ1n) is 4.96. The first-order valence-corrected chi connectivity index (χ1v) is 5.75. The molecule has 0 saturated heterocycles. The Bertz CT molecular complexity index is 382. The van der Waals surface area contributed by atoms with Gasteiger partial charge in [0.2, 0.25) is 0 Å². The minimum absolute atomic E-state index is 0.339. The van der Waals surface area contributed by atoms with Gasteiger partial charge in [0.25, 0.3) is 0 Å². The van der Waals surface area contributed by atoms with Crippen molar-refractivity contribution >= 4 is 28.2 Å². The molecule has 16 heavy (non-hydrogen) atoms. The third-order valence-electron chi connectivity index (χ3n) is 2.32. The normalized spacial score (nSPS) is 13.9. The van der Waals surface area contributed by atoms with E-state index in [1.807, 2.05) is 6.92 Å². The van der Waals surface area contributed by atoms with Crippen LogP contribution in [-0.4, -0.2) is 16.6 Å². The van der Waals surface area contributed by atoms with Crippen molar-refractivity contribution in [2.75, 3.05) is 0 Å². The number of carbonyl (C=O) groups is 2. The fourth-order valence-electron chi connectivity index (χ4n) is 0.972. The number of benzene rings is 1. The van der Waals surface area contributed by atoms with E-state index >= 15 is 0 Å². The molecule has 4 heteroatoms. The lowest BCUT2D eigenvalue weighted by atomic mass is 10.1. The summed E-state index contributed by atoms with van der Waals surface area (Å²) < 4.78 is 4.50. The molecule has 0 aromatic heterocycles. The van der Waals surface area contributed by atoms with E-state index in [0.29, 0.717) is 17.7 Å². The van der Waals surface area contributed by atoms with Crippen molar-refractivity contribution < 1.29 is 14.3 Å². The van der Waals surface area contributed by atoms with Crippen LogP contribution in [0.2, 0.25) is 0 Å². The molecule has 0 radical (unpaired) electrons. The van der Waals surface area contributed by atoms with Gasteiger partial charge in [-0.15, -0.1) is 0 Å². The summed E-state index contributed by atoms with van der Waals surface area (Å²) in [5, 5.41) is 0.